The molecular formula is C25H24N6O3. The number of amidine groups is 1. The monoisotopic (exact) mass is 456 g/mol. The number of nitrogens with two attached hydrogens (primary N) is 1. The second kappa shape index (κ2) is 9.07. The first-order valence-electron chi connectivity index (χ1n) is 10.5. The van der Waals surface area contributed by atoms with Crippen LogP contribution < -0.4 is 21.9 Å². The molecule has 9 nitrogen and oxygen atoms in total. The molecule has 0 saturated heterocycles. The van der Waals surface area contributed by atoms with E-state index in [0.29, 0.717) is 33.8 Å². The third-order valence-electron chi connectivity index (χ3n) is 5.48. The van der Waals surface area contributed by atoms with Crippen LogP contribution in [-0.2, 0) is 6.54 Å². The number of hydrogen-bond acceptors (Lipinski definition) is 6. The maximum atomic E-state index is 13.0. The van der Waals surface area contributed by atoms with Crippen LogP contribution in [0.2, 0.25) is 0 Å². The van der Waals surface area contributed by atoms with Gasteiger partial charge in [-0.25, -0.2) is 9.78 Å². The lowest BCUT2D eigenvalue weighted by molar-refractivity contribution is 0.0698. The van der Waals surface area contributed by atoms with Crippen molar-refractivity contribution < 1.29 is 9.90 Å². The molecule has 0 amide bonds. The van der Waals surface area contributed by atoms with E-state index >= 15 is 0 Å². The molecule has 0 aliphatic heterocycles. The van der Waals surface area contributed by atoms with Crippen molar-refractivity contribution in [1.82, 2.24) is 9.38 Å². The molecule has 172 valence electrons. The molecular weight excluding hydrogens is 432 g/mol. The number of hydrogen-bond donors (Lipinski definition) is 5. The number of aryl methyl sites for hydroxylation is 1. The number of benzene rings is 2. The first kappa shape index (κ1) is 22.5. The van der Waals surface area contributed by atoms with Crippen LogP contribution in [-0.4, -0.2) is 33.3 Å². The lowest BCUT2D eigenvalue weighted by atomic mass is 10.0. The number of para-hydroxylation sites is 1. The van der Waals surface area contributed by atoms with Crippen LogP contribution in [0.1, 0.15) is 27.0 Å². The molecule has 0 unspecified atom stereocenters. The quantitative estimate of drug-likeness (QED) is 0.212. The van der Waals surface area contributed by atoms with Crippen LogP contribution in [0.3, 0.4) is 0 Å². The van der Waals surface area contributed by atoms with Gasteiger partial charge in [-0.1, -0.05) is 18.2 Å². The number of carboxylic acids is 1. The summed E-state index contributed by atoms with van der Waals surface area (Å²) in [4.78, 5) is 29.3. The Hall–Kier alpha value is -4.66. The van der Waals surface area contributed by atoms with Gasteiger partial charge < -0.3 is 21.5 Å². The number of anilines is 2. The molecule has 0 radical (unpaired) electrons. The van der Waals surface area contributed by atoms with E-state index < -0.39 is 5.97 Å². The molecule has 2 aromatic heterocycles. The number of nitrogens with zero attached hydrogens (tertiary/aromatic N) is 2. The number of fused-ring (bicyclic) bond motifs is 1. The normalized spacial score (nSPS) is 10.8. The number of carboxylic acid groups (broad SMARTS) is 1. The summed E-state index contributed by atoms with van der Waals surface area (Å²) >= 11 is 0. The van der Waals surface area contributed by atoms with E-state index in [9.17, 15) is 14.7 Å². The molecule has 6 N–H and O–H groups in total. The third kappa shape index (κ3) is 4.31. The highest BCUT2D eigenvalue weighted by atomic mass is 16.4. The molecule has 0 aliphatic carbocycles. The van der Waals surface area contributed by atoms with Gasteiger partial charge in [0.1, 0.15) is 11.5 Å². The zero-order valence-electron chi connectivity index (χ0n) is 18.7. The van der Waals surface area contributed by atoms with Crippen molar-refractivity contribution in [1.29, 1.82) is 5.41 Å². The first-order valence-corrected chi connectivity index (χ1v) is 10.5. The lowest BCUT2D eigenvalue weighted by Crippen LogP contribution is -2.18. The Kier molecular flexibility index (Phi) is 6.01. The maximum absolute atomic E-state index is 13.0. The Morgan fingerprint density at radius 2 is 1.88 bits per heavy atom. The first-order chi connectivity index (χ1) is 16.3. The van der Waals surface area contributed by atoms with Crippen LogP contribution in [0.4, 0.5) is 11.4 Å². The van der Waals surface area contributed by atoms with Crippen LogP contribution in [0.5, 0.6) is 0 Å². The smallest absolute Gasteiger partial charge is 0.337 e. The molecule has 0 atom stereocenters. The fourth-order valence-corrected chi connectivity index (χ4v) is 3.86. The SMILES string of the molecule is CNc1ccc(-c2cc(=O)n3cc(C)cc(CNc4ccccc4C(=O)O)c3n2)cc1C(=N)N. The van der Waals surface area contributed by atoms with Crippen LogP contribution in [0, 0.1) is 12.3 Å². The molecule has 34 heavy (non-hydrogen) atoms. The van der Waals surface area contributed by atoms with E-state index in [2.05, 4.69) is 10.6 Å². The zero-order chi connectivity index (χ0) is 24.4. The van der Waals surface area contributed by atoms with Gasteiger partial charge in [-0.05, 0) is 42.8 Å². The minimum absolute atomic E-state index is 0.0960. The van der Waals surface area contributed by atoms with Crippen molar-refractivity contribution in [3.05, 3.63) is 93.4 Å². The summed E-state index contributed by atoms with van der Waals surface area (Å²) in [5.41, 5.74) is 10.5. The van der Waals surface area contributed by atoms with Gasteiger partial charge in [-0.15, -0.1) is 0 Å². The Morgan fingerprint density at radius 3 is 2.59 bits per heavy atom. The van der Waals surface area contributed by atoms with Crippen molar-refractivity contribution in [3.8, 4) is 11.3 Å². The average molecular weight is 457 g/mol. The predicted molar refractivity (Wildman–Crippen MR) is 133 cm³/mol. The summed E-state index contributed by atoms with van der Waals surface area (Å²) in [5, 5.41) is 23.5. The van der Waals surface area contributed by atoms with Crippen LogP contribution >= 0.6 is 0 Å². The average Bonchev–Trinajstić information content (AvgIpc) is 2.82. The minimum Gasteiger partial charge on any atom is -0.478 e. The number of pyridine rings is 1. The van der Waals surface area contributed by atoms with Gasteiger partial charge >= 0.3 is 5.97 Å². The van der Waals surface area contributed by atoms with Crippen molar-refractivity contribution >= 4 is 28.8 Å². The van der Waals surface area contributed by atoms with Crippen LogP contribution in [0.15, 0.2) is 65.6 Å². The van der Waals surface area contributed by atoms with Gasteiger partial charge in [0.15, 0.2) is 0 Å². The highest BCUT2D eigenvalue weighted by Gasteiger charge is 2.14. The van der Waals surface area contributed by atoms with Crippen molar-refractivity contribution in [2.75, 3.05) is 17.7 Å². The molecule has 2 heterocycles. The number of nitrogens with one attached hydrogen (secondary N) is 3. The number of carbonyl (C=O) groups is 1. The topological polar surface area (TPSA) is 146 Å². The molecule has 0 saturated carbocycles. The second-order valence-electron chi connectivity index (χ2n) is 7.84. The maximum Gasteiger partial charge on any atom is 0.337 e. The summed E-state index contributed by atoms with van der Waals surface area (Å²) in [6.07, 6.45) is 1.72. The fourth-order valence-electron chi connectivity index (χ4n) is 3.86. The number of aromatic carboxylic acids is 1. The Morgan fingerprint density at radius 1 is 1.12 bits per heavy atom. The van der Waals surface area contributed by atoms with E-state index in [1.54, 1.807) is 43.6 Å². The van der Waals surface area contributed by atoms with Crippen LogP contribution in [0.25, 0.3) is 16.9 Å². The van der Waals surface area contributed by atoms with Gasteiger partial charge in [0.25, 0.3) is 5.56 Å². The summed E-state index contributed by atoms with van der Waals surface area (Å²) in [6.45, 7) is 2.15. The van der Waals surface area contributed by atoms with Crippen molar-refractivity contribution in [3.63, 3.8) is 0 Å². The number of rotatable bonds is 7. The van der Waals surface area contributed by atoms with Gasteiger partial charge in [-0.2, -0.15) is 0 Å². The molecule has 4 rings (SSSR count). The molecule has 0 spiro atoms. The van der Waals surface area contributed by atoms with E-state index in [4.69, 9.17) is 16.1 Å². The number of nitrogen functional groups attached to an aromatic ring is 1. The van der Waals surface area contributed by atoms with Crippen molar-refractivity contribution in [2.45, 2.75) is 13.5 Å². The summed E-state index contributed by atoms with van der Waals surface area (Å²) in [5.74, 6) is -1.12. The molecule has 0 fully saturated rings. The molecule has 2 aromatic carbocycles. The highest BCUT2D eigenvalue weighted by Crippen LogP contribution is 2.25. The second-order valence-corrected chi connectivity index (χ2v) is 7.84. The largest absolute Gasteiger partial charge is 0.478 e. The van der Waals surface area contributed by atoms with Crippen molar-refractivity contribution in [2.24, 2.45) is 5.73 Å². The fraction of sp³-hybridized carbons (Fsp3) is 0.120. The summed E-state index contributed by atoms with van der Waals surface area (Å²) in [6, 6.07) is 15.3. The van der Waals surface area contributed by atoms with E-state index in [1.165, 1.54) is 16.5 Å². The van der Waals surface area contributed by atoms with Gasteiger partial charge in [0, 0.05) is 53.9 Å². The summed E-state index contributed by atoms with van der Waals surface area (Å²) in [7, 11) is 1.74. The Balaban J connectivity index is 1.81. The van der Waals surface area contributed by atoms with E-state index in [-0.39, 0.29) is 23.5 Å². The lowest BCUT2D eigenvalue weighted by Gasteiger charge is -2.14. The van der Waals surface area contributed by atoms with Gasteiger partial charge in [-0.3, -0.25) is 14.6 Å². The number of aromatic nitrogens is 2. The molecule has 4 aromatic rings. The van der Waals surface area contributed by atoms with Gasteiger partial charge in [0.2, 0.25) is 0 Å². The Labute approximate surface area is 195 Å². The summed E-state index contributed by atoms with van der Waals surface area (Å²) < 4.78 is 1.48. The van der Waals surface area contributed by atoms with Gasteiger partial charge in [0.05, 0.1) is 11.3 Å². The predicted octanol–water partition coefficient (Wildman–Crippen LogP) is 3.31. The zero-order valence-corrected chi connectivity index (χ0v) is 18.7. The molecule has 9 heteroatoms. The minimum atomic E-state index is -1.03. The Bertz CT molecular complexity index is 1490. The third-order valence-corrected chi connectivity index (χ3v) is 5.48. The molecule has 0 aliphatic rings. The molecule has 0 bridgehead atoms. The highest BCUT2D eigenvalue weighted by molar-refractivity contribution is 6.01. The van der Waals surface area contributed by atoms with E-state index in [0.717, 1.165) is 11.1 Å². The van der Waals surface area contributed by atoms with E-state index in [1.807, 2.05) is 19.1 Å². The standard InChI is InChI=1S/C25H24N6O3/c1-14-9-16(12-29-20-6-4-3-5-17(20)25(33)34)24-30-21(11-22(32)31(24)13-14)15-7-8-19(28-2)18(10-15)23(26)27/h3-11,13,28-29H,12H2,1-2H3,(H3,26,27)(H,33,34).